The number of nitrogens with zero attached hydrogens (tertiary/aromatic N) is 1. The number of benzene rings is 2. The molecule has 1 heterocycles. The van der Waals surface area contributed by atoms with Crippen molar-refractivity contribution in [1.29, 1.82) is 0 Å². The summed E-state index contributed by atoms with van der Waals surface area (Å²) >= 11 is 5.39. The summed E-state index contributed by atoms with van der Waals surface area (Å²) in [5.41, 5.74) is 2.13. The molecule has 0 saturated carbocycles. The summed E-state index contributed by atoms with van der Waals surface area (Å²) in [5.74, 6) is 1.12. The van der Waals surface area contributed by atoms with Crippen molar-refractivity contribution >= 4 is 33.6 Å². The maximum Gasteiger partial charge on any atom is 0.253 e. The SMILES string of the molecule is O=C(c1cccc(Br)c1)N1CCS[C@@H](c2ccccc2)CC1. The Morgan fingerprint density at radius 3 is 2.68 bits per heavy atom. The predicted octanol–water partition coefficient (Wildman–Crippen LogP) is 4.77. The second-order valence-corrected chi connectivity index (χ2v) is 7.59. The molecule has 3 rings (SSSR count). The van der Waals surface area contributed by atoms with Crippen LogP contribution in [0.5, 0.6) is 0 Å². The Bertz CT molecular complexity index is 647. The van der Waals surface area contributed by atoms with E-state index in [-0.39, 0.29) is 5.91 Å². The molecule has 1 aliphatic heterocycles. The van der Waals surface area contributed by atoms with Crippen molar-refractivity contribution in [1.82, 2.24) is 4.90 Å². The molecule has 0 unspecified atom stereocenters. The molecule has 2 aromatic carbocycles. The van der Waals surface area contributed by atoms with Gasteiger partial charge in [-0.3, -0.25) is 4.79 Å². The van der Waals surface area contributed by atoms with E-state index >= 15 is 0 Å². The minimum absolute atomic E-state index is 0.135. The highest BCUT2D eigenvalue weighted by atomic mass is 79.9. The van der Waals surface area contributed by atoms with E-state index in [0.717, 1.165) is 35.3 Å². The van der Waals surface area contributed by atoms with Crippen LogP contribution in [0.3, 0.4) is 0 Å². The average Bonchev–Trinajstić information content (AvgIpc) is 2.81. The molecule has 1 atom stereocenters. The zero-order chi connectivity index (χ0) is 15.4. The molecular formula is C18H18BrNOS. The lowest BCUT2D eigenvalue weighted by atomic mass is 10.1. The molecule has 1 amide bonds. The van der Waals surface area contributed by atoms with Crippen LogP contribution in [0, 0.1) is 0 Å². The third-order valence-electron chi connectivity index (χ3n) is 3.87. The van der Waals surface area contributed by atoms with Gasteiger partial charge in [0.15, 0.2) is 0 Å². The summed E-state index contributed by atoms with van der Waals surface area (Å²) in [6.07, 6.45) is 1.01. The van der Waals surface area contributed by atoms with Crippen LogP contribution >= 0.6 is 27.7 Å². The highest BCUT2D eigenvalue weighted by Gasteiger charge is 2.22. The van der Waals surface area contributed by atoms with Gasteiger partial charge in [0.05, 0.1) is 0 Å². The van der Waals surface area contributed by atoms with Gasteiger partial charge in [0, 0.05) is 34.1 Å². The van der Waals surface area contributed by atoms with E-state index in [9.17, 15) is 4.79 Å². The first-order valence-corrected chi connectivity index (χ1v) is 9.29. The molecule has 2 aromatic rings. The van der Waals surface area contributed by atoms with E-state index in [1.807, 2.05) is 47.0 Å². The highest BCUT2D eigenvalue weighted by Crippen LogP contribution is 2.34. The Morgan fingerprint density at radius 2 is 1.91 bits per heavy atom. The Labute approximate surface area is 144 Å². The molecule has 1 saturated heterocycles. The summed E-state index contributed by atoms with van der Waals surface area (Å²) in [6.45, 7) is 1.64. The van der Waals surface area contributed by atoms with E-state index in [1.54, 1.807) is 0 Å². The van der Waals surface area contributed by atoms with Gasteiger partial charge in [0.2, 0.25) is 0 Å². The van der Waals surface area contributed by atoms with Crippen LogP contribution in [0.1, 0.15) is 27.6 Å². The largest absolute Gasteiger partial charge is 0.338 e. The van der Waals surface area contributed by atoms with Gasteiger partial charge < -0.3 is 4.90 Å². The first-order valence-electron chi connectivity index (χ1n) is 7.45. The van der Waals surface area contributed by atoms with E-state index < -0.39 is 0 Å². The van der Waals surface area contributed by atoms with E-state index in [0.29, 0.717) is 5.25 Å². The van der Waals surface area contributed by atoms with E-state index in [2.05, 4.69) is 40.2 Å². The molecule has 0 N–H and O–H groups in total. The van der Waals surface area contributed by atoms with Crippen LogP contribution in [0.2, 0.25) is 0 Å². The summed E-state index contributed by atoms with van der Waals surface area (Å²) in [5, 5.41) is 0.488. The summed E-state index contributed by atoms with van der Waals surface area (Å²) < 4.78 is 0.949. The van der Waals surface area contributed by atoms with Crippen molar-refractivity contribution in [3.8, 4) is 0 Å². The molecule has 22 heavy (non-hydrogen) atoms. The molecule has 4 heteroatoms. The van der Waals surface area contributed by atoms with Crippen molar-refractivity contribution in [3.63, 3.8) is 0 Å². The molecule has 0 bridgehead atoms. The minimum Gasteiger partial charge on any atom is -0.338 e. The fourth-order valence-corrected chi connectivity index (χ4v) is 4.34. The summed E-state index contributed by atoms with van der Waals surface area (Å²) in [6, 6.07) is 18.2. The Morgan fingerprint density at radius 1 is 1.09 bits per heavy atom. The molecule has 2 nitrogen and oxygen atoms in total. The molecule has 114 valence electrons. The first kappa shape index (κ1) is 15.6. The highest BCUT2D eigenvalue weighted by molar-refractivity contribution is 9.10. The van der Waals surface area contributed by atoms with Crippen molar-refractivity contribution in [2.45, 2.75) is 11.7 Å². The van der Waals surface area contributed by atoms with Crippen LogP contribution in [0.4, 0.5) is 0 Å². The number of thioether (sulfide) groups is 1. The third-order valence-corrected chi connectivity index (χ3v) is 5.69. The molecule has 1 fully saturated rings. The number of carbonyl (C=O) groups excluding carboxylic acids is 1. The number of rotatable bonds is 2. The Hall–Kier alpha value is -1.26. The lowest BCUT2D eigenvalue weighted by Gasteiger charge is -2.20. The van der Waals surface area contributed by atoms with E-state index in [4.69, 9.17) is 0 Å². The van der Waals surface area contributed by atoms with Crippen LogP contribution < -0.4 is 0 Å². The molecule has 0 radical (unpaired) electrons. The van der Waals surface area contributed by atoms with Crippen molar-refractivity contribution in [3.05, 3.63) is 70.2 Å². The Kier molecular flexibility index (Phi) is 5.21. The normalized spacial score (nSPS) is 18.8. The van der Waals surface area contributed by atoms with Gasteiger partial charge in [-0.1, -0.05) is 52.3 Å². The Balaban J connectivity index is 1.69. The van der Waals surface area contributed by atoms with E-state index in [1.165, 1.54) is 5.56 Å². The first-order chi connectivity index (χ1) is 10.7. The molecule has 0 spiro atoms. The standard InChI is InChI=1S/C18H18BrNOS/c19-16-8-4-7-15(13-16)18(21)20-10-9-17(22-12-11-20)14-5-2-1-3-6-14/h1-8,13,17H,9-12H2/t17-/m1/s1. The smallest absolute Gasteiger partial charge is 0.253 e. The number of amides is 1. The summed E-state index contributed by atoms with van der Waals surface area (Å²) in [7, 11) is 0. The lowest BCUT2D eigenvalue weighted by Crippen LogP contribution is -2.32. The van der Waals surface area contributed by atoms with Gasteiger partial charge in [-0.25, -0.2) is 0 Å². The van der Waals surface area contributed by atoms with Gasteiger partial charge in [0.1, 0.15) is 0 Å². The van der Waals surface area contributed by atoms with Gasteiger partial charge >= 0.3 is 0 Å². The number of carbonyl (C=O) groups is 1. The molecule has 0 aliphatic carbocycles. The maximum absolute atomic E-state index is 12.6. The van der Waals surface area contributed by atoms with Crippen LogP contribution in [-0.2, 0) is 0 Å². The minimum atomic E-state index is 0.135. The number of hydrogen-bond donors (Lipinski definition) is 0. The van der Waals surface area contributed by atoms with Gasteiger partial charge in [-0.05, 0) is 30.2 Å². The zero-order valence-electron chi connectivity index (χ0n) is 12.2. The van der Waals surface area contributed by atoms with Crippen molar-refractivity contribution < 1.29 is 4.79 Å². The third kappa shape index (κ3) is 3.73. The van der Waals surface area contributed by atoms with Crippen LogP contribution in [-0.4, -0.2) is 29.6 Å². The van der Waals surface area contributed by atoms with Crippen LogP contribution in [0.25, 0.3) is 0 Å². The summed E-state index contributed by atoms with van der Waals surface area (Å²) in [4.78, 5) is 14.6. The fraction of sp³-hybridized carbons (Fsp3) is 0.278. The molecule has 1 aliphatic rings. The zero-order valence-corrected chi connectivity index (χ0v) is 14.6. The predicted molar refractivity (Wildman–Crippen MR) is 96.3 cm³/mol. The molecule has 0 aromatic heterocycles. The fourth-order valence-electron chi connectivity index (χ4n) is 2.71. The second kappa shape index (κ2) is 7.34. The van der Waals surface area contributed by atoms with Gasteiger partial charge in [-0.15, -0.1) is 0 Å². The molecular weight excluding hydrogens is 358 g/mol. The quantitative estimate of drug-likeness (QED) is 0.753. The van der Waals surface area contributed by atoms with Gasteiger partial charge in [0.25, 0.3) is 5.91 Å². The van der Waals surface area contributed by atoms with Crippen molar-refractivity contribution in [2.24, 2.45) is 0 Å². The van der Waals surface area contributed by atoms with Gasteiger partial charge in [-0.2, -0.15) is 11.8 Å². The number of hydrogen-bond acceptors (Lipinski definition) is 2. The second-order valence-electron chi connectivity index (χ2n) is 5.36. The topological polar surface area (TPSA) is 20.3 Å². The maximum atomic E-state index is 12.6. The van der Waals surface area contributed by atoms with Crippen LogP contribution in [0.15, 0.2) is 59.1 Å². The number of halogens is 1. The van der Waals surface area contributed by atoms with Crippen molar-refractivity contribution in [2.75, 3.05) is 18.8 Å². The lowest BCUT2D eigenvalue weighted by molar-refractivity contribution is 0.0766. The monoisotopic (exact) mass is 375 g/mol. The average molecular weight is 376 g/mol.